The van der Waals surface area contributed by atoms with Gasteiger partial charge in [-0.3, -0.25) is 14.4 Å². The number of benzene rings is 2. The van der Waals surface area contributed by atoms with Gasteiger partial charge in [-0.05, 0) is 36.8 Å². The van der Waals surface area contributed by atoms with E-state index >= 15 is 0 Å². The zero-order valence-electron chi connectivity index (χ0n) is 18.8. The third kappa shape index (κ3) is 5.55. The van der Waals surface area contributed by atoms with Gasteiger partial charge in [-0.15, -0.1) is 0 Å². The molecule has 1 aliphatic rings. The van der Waals surface area contributed by atoms with Crippen LogP contribution in [0.1, 0.15) is 39.6 Å². The molecule has 2 aromatic rings. The SMILES string of the molecule is CC[C@H](NC(=O)c1ccc(F)c(F)c1O)C(=O)N1CCN(C(=O)c2ccc(C(F)(F)F)cc2F)CC1. The van der Waals surface area contributed by atoms with Crippen LogP contribution in [0.5, 0.6) is 5.75 Å². The molecule has 1 saturated heterocycles. The average Bonchev–Trinajstić information content (AvgIpc) is 2.84. The van der Waals surface area contributed by atoms with Crippen LogP contribution in [-0.4, -0.2) is 64.8 Å². The van der Waals surface area contributed by atoms with Crippen molar-refractivity contribution in [2.75, 3.05) is 26.2 Å². The van der Waals surface area contributed by atoms with Crippen LogP contribution in [0.2, 0.25) is 0 Å². The summed E-state index contributed by atoms with van der Waals surface area (Å²) in [5, 5.41) is 12.0. The Bertz CT molecular complexity index is 1180. The Morgan fingerprint density at radius 3 is 2.08 bits per heavy atom. The van der Waals surface area contributed by atoms with Crippen molar-refractivity contribution < 1.29 is 45.8 Å². The molecular weight excluding hydrogens is 496 g/mol. The Morgan fingerprint density at radius 2 is 1.53 bits per heavy atom. The molecule has 2 N–H and O–H groups in total. The molecule has 0 aromatic heterocycles. The molecule has 7 nitrogen and oxygen atoms in total. The van der Waals surface area contributed by atoms with Gasteiger partial charge in [0.05, 0.1) is 16.7 Å². The Labute approximate surface area is 201 Å². The first-order valence-electron chi connectivity index (χ1n) is 10.8. The van der Waals surface area contributed by atoms with Crippen LogP contribution in [0, 0.1) is 17.5 Å². The van der Waals surface area contributed by atoms with Gasteiger partial charge in [-0.1, -0.05) is 6.92 Å². The number of nitrogens with zero attached hydrogens (tertiary/aromatic N) is 2. The topological polar surface area (TPSA) is 89.9 Å². The van der Waals surface area contributed by atoms with Crippen molar-refractivity contribution in [3.8, 4) is 5.75 Å². The Kier molecular flexibility index (Phi) is 7.80. The minimum Gasteiger partial charge on any atom is -0.504 e. The average molecular weight is 517 g/mol. The van der Waals surface area contributed by atoms with Crippen LogP contribution < -0.4 is 5.32 Å². The van der Waals surface area contributed by atoms with Crippen molar-refractivity contribution in [2.45, 2.75) is 25.6 Å². The zero-order valence-corrected chi connectivity index (χ0v) is 18.8. The monoisotopic (exact) mass is 517 g/mol. The highest BCUT2D eigenvalue weighted by atomic mass is 19.4. The molecule has 1 heterocycles. The van der Waals surface area contributed by atoms with Gasteiger partial charge >= 0.3 is 6.18 Å². The highest BCUT2D eigenvalue weighted by molar-refractivity contribution is 5.99. The summed E-state index contributed by atoms with van der Waals surface area (Å²) in [5.41, 5.74) is -2.32. The third-order valence-electron chi connectivity index (χ3n) is 5.73. The lowest BCUT2D eigenvalue weighted by Gasteiger charge is -2.36. The van der Waals surface area contributed by atoms with Crippen molar-refractivity contribution in [1.82, 2.24) is 15.1 Å². The normalized spacial score (nSPS) is 15.0. The number of alkyl halides is 3. The van der Waals surface area contributed by atoms with E-state index in [2.05, 4.69) is 5.32 Å². The van der Waals surface area contributed by atoms with E-state index in [1.165, 1.54) is 9.80 Å². The minimum atomic E-state index is -4.76. The number of nitrogens with one attached hydrogen (secondary N) is 1. The molecular formula is C23H21F6N3O4. The number of hydrogen-bond donors (Lipinski definition) is 2. The van der Waals surface area contributed by atoms with Crippen molar-refractivity contribution >= 4 is 17.7 Å². The first kappa shape index (κ1) is 26.8. The number of phenolic OH excluding ortho intramolecular Hbond substituents is 1. The molecule has 1 fully saturated rings. The maximum absolute atomic E-state index is 14.2. The summed E-state index contributed by atoms with van der Waals surface area (Å²) >= 11 is 0. The van der Waals surface area contributed by atoms with E-state index in [1.807, 2.05) is 0 Å². The van der Waals surface area contributed by atoms with Crippen LogP contribution in [-0.2, 0) is 11.0 Å². The van der Waals surface area contributed by atoms with Crippen molar-refractivity contribution in [2.24, 2.45) is 0 Å². The molecule has 0 saturated carbocycles. The number of aromatic hydroxyl groups is 1. The number of piperazine rings is 1. The second kappa shape index (κ2) is 10.5. The van der Waals surface area contributed by atoms with Gasteiger partial charge in [0.25, 0.3) is 11.8 Å². The fourth-order valence-electron chi connectivity index (χ4n) is 3.68. The van der Waals surface area contributed by atoms with Gasteiger partial charge in [0.15, 0.2) is 11.6 Å². The maximum Gasteiger partial charge on any atom is 0.416 e. The first-order valence-corrected chi connectivity index (χ1v) is 10.8. The Hall–Kier alpha value is -3.77. The van der Waals surface area contributed by atoms with E-state index in [1.54, 1.807) is 6.92 Å². The summed E-state index contributed by atoms with van der Waals surface area (Å²) in [6.45, 7) is 1.49. The molecule has 0 bridgehead atoms. The van der Waals surface area contributed by atoms with E-state index in [-0.39, 0.29) is 38.7 Å². The predicted octanol–water partition coefficient (Wildman–Crippen LogP) is 3.32. The van der Waals surface area contributed by atoms with Gasteiger partial charge in [0, 0.05) is 26.2 Å². The van der Waals surface area contributed by atoms with Crippen LogP contribution in [0.15, 0.2) is 30.3 Å². The van der Waals surface area contributed by atoms with Crippen molar-refractivity contribution in [3.63, 3.8) is 0 Å². The molecule has 0 unspecified atom stereocenters. The number of carbonyl (C=O) groups excluding carboxylic acids is 3. The van der Waals surface area contributed by atoms with Gasteiger partial charge in [-0.2, -0.15) is 17.6 Å². The second-order valence-corrected chi connectivity index (χ2v) is 8.00. The summed E-state index contributed by atoms with van der Waals surface area (Å²) in [6, 6.07) is 2.04. The number of carbonyl (C=O) groups is 3. The van der Waals surface area contributed by atoms with Gasteiger partial charge in [0.1, 0.15) is 11.9 Å². The molecule has 0 aliphatic carbocycles. The third-order valence-corrected chi connectivity index (χ3v) is 5.73. The fourth-order valence-corrected chi connectivity index (χ4v) is 3.68. The molecule has 0 radical (unpaired) electrons. The summed E-state index contributed by atoms with van der Waals surface area (Å²) < 4.78 is 79.1. The molecule has 2 aromatic carbocycles. The molecule has 0 spiro atoms. The van der Waals surface area contributed by atoms with E-state index < -0.39 is 69.8 Å². The lowest BCUT2D eigenvalue weighted by molar-refractivity contribution is -0.137. The lowest BCUT2D eigenvalue weighted by Crippen LogP contribution is -2.55. The number of hydrogen-bond acceptors (Lipinski definition) is 4. The highest BCUT2D eigenvalue weighted by Crippen LogP contribution is 2.30. The maximum atomic E-state index is 14.2. The second-order valence-electron chi connectivity index (χ2n) is 8.00. The molecule has 194 valence electrons. The highest BCUT2D eigenvalue weighted by Gasteiger charge is 2.34. The van der Waals surface area contributed by atoms with E-state index in [0.29, 0.717) is 12.1 Å². The fraction of sp³-hybridized carbons (Fsp3) is 0.348. The van der Waals surface area contributed by atoms with Crippen molar-refractivity contribution in [1.29, 1.82) is 0 Å². The van der Waals surface area contributed by atoms with Crippen LogP contribution in [0.3, 0.4) is 0 Å². The number of halogens is 6. The zero-order chi connectivity index (χ0) is 26.8. The summed E-state index contributed by atoms with van der Waals surface area (Å²) in [5.74, 6) is -7.84. The standard InChI is InChI=1S/C23H21F6N3O4/c1-2-17(30-20(34)14-5-6-15(24)18(26)19(14)33)22(36)32-9-7-31(8-10-32)21(35)13-4-3-12(11-16(13)25)23(27,28)29/h3-6,11,17,33H,2,7-10H2,1H3,(H,30,34)/t17-/m0/s1. The molecule has 3 rings (SSSR count). The first-order chi connectivity index (χ1) is 16.8. The van der Waals surface area contributed by atoms with Gasteiger partial charge < -0.3 is 20.2 Å². The van der Waals surface area contributed by atoms with E-state index in [0.717, 1.165) is 12.1 Å². The molecule has 1 atom stereocenters. The summed E-state index contributed by atoms with van der Waals surface area (Å²) in [4.78, 5) is 40.4. The van der Waals surface area contributed by atoms with Crippen LogP contribution in [0.25, 0.3) is 0 Å². The quantitative estimate of drug-likeness (QED) is 0.596. The molecule has 3 amide bonds. The molecule has 13 heteroatoms. The number of rotatable bonds is 5. The predicted molar refractivity (Wildman–Crippen MR) is 113 cm³/mol. The van der Waals surface area contributed by atoms with E-state index in [4.69, 9.17) is 0 Å². The summed E-state index contributed by atoms with van der Waals surface area (Å²) in [7, 11) is 0. The molecule has 36 heavy (non-hydrogen) atoms. The lowest BCUT2D eigenvalue weighted by atomic mass is 10.1. The molecule has 1 aliphatic heterocycles. The van der Waals surface area contributed by atoms with Gasteiger partial charge in [-0.25, -0.2) is 8.78 Å². The largest absolute Gasteiger partial charge is 0.504 e. The van der Waals surface area contributed by atoms with Gasteiger partial charge in [0.2, 0.25) is 11.7 Å². The number of amides is 3. The van der Waals surface area contributed by atoms with Crippen LogP contribution in [0.4, 0.5) is 26.3 Å². The van der Waals surface area contributed by atoms with E-state index in [9.17, 15) is 45.8 Å². The van der Waals surface area contributed by atoms with Crippen molar-refractivity contribution in [3.05, 3.63) is 64.5 Å². The minimum absolute atomic E-state index is 0.00434. The Balaban J connectivity index is 1.63. The summed E-state index contributed by atoms with van der Waals surface area (Å²) in [6.07, 6.45) is -4.64. The Morgan fingerprint density at radius 1 is 0.944 bits per heavy atom. The van der Waals surface area contributed by atoms with Crippen LogP contribution >= 0.6 is 0 Å². The smallest absolute Gasteiger partial charge is 0.416 e. The number of phenols is 1.